The van der Waals surface area contributed by atoms with Gasteiger partial charge in [-0.25, -0.2) is 0 Å². The molecule has 1 aliphatic heterocycles. The van der Waals surface area contributed by atoms with E-state index in [2.05, 4.69) is 20.3 Å². The van der Waals surface area contributed by atoms with Gasteiger partial charge >= 0.3 is 6.01 Å². The van der Waals surface area contributed by atoms with E-state index in [1.165, 1.54) is 7.11 Å². The lowest BCUT2D eigenvalue weighted by Gasteiger charge is -2.37. The van der Waals surface area contributed by atoms with E-state index >= 15 is 0 Å². The topological polar surface area (TPSA) is 130 Å². The number of aliphatic hydroxyl groups is 3. The maximum Gasteiger partial charge on any atom is 0.322 e. The number of aromatic nitrogens is 3. The van der Waals surface area contributed by atoms with E-state index in [9.17, 15) is 10.2 Å². The molecule has 2 heterocycles. The van der Waals surface area contributed by atoms with E-state index in [4.69, 9.17) is 26.2 Å². The van der Waals surface area contributed by atoms with Gasteiger partial charge in [-0.3, -0.25) is 0 Å². The summed E-state index contributed by atoms with van der Waals surface area (Å²) in [6.45, 7) is -0.314. The van der Waals surface area contributed by atoms with Gasteiger partial charge in [0.2, 0.25) is 11.2 Å². The molecule has 0 amide bonds. The highest BCUT2D eigenvalue weighted by Crippen LogP contribution is 2.19. The molecule has 4 atom stereocenters. The number of nitrogens with one attached hydrogen (secondary N) is 1. The number of hydrogen-bond acceptors (Lipinski definition) is 9. The van der Waals surface area contributed by atoms with Gasteiger partial charge in [-0.1, -0.05) is 0 Å². The number of anilines is 1. The first-order valence-electron chi connectivity index (χ1n) is 5.86. The van der Waals surface area contributed by atoms with E-state index < -0.39 is 24.4 Å². The van der Waals surface area contributed by atoms with Gasteiger partial charge in [-0.15, -0.1) is 0 Å². The average Bonchev–Trinajstić information content (AvgIpc) is 2.43. The number of aliphatic hydroxyl groups excluding tert-OH is 3. The zero-order valence-corrected chi connectivity index (χ0v) is 11.4. The van der Waals surface area contributed by atoms with Crippen LogP contribution in [0.3, 0.4) is 0 Å². The fourth-order valence-corrected chi connectivity index (χ4v) is 1.98. The van der Waals surface area contributed by atoms with E-state index in [1.807, 2.05) is 0 Å². The Balaban J connectivity index is 2.08. The molecule has 9 nitrogen and oxygen atoms in total. The van der Waals surface area contributed by atoms with Gasteiger partial charge in [0, 0.05) is 0 Å². The van der Waals surface area contributed by atoms with Gasteiger partial charge in [0.25, 0.3) is 0 Å². The second-order valence-electron chi connectivity index (χ2n) is 4.20. The Morgan fingerprint density at radius 1 is 1.35 bits per heavy atom. The fraction of sp³-hybridized carbons (Fsp3) is 0.700. The summed E-state index contributed by atoms with van der Waals surface area (Å²) in [5.74, 6) is 0.0872. The summed E-state index contributed by atoms with van der Waals surface area (Å²) in [7, 11) is 1.38. The molecule has 1 aromatic heterocycles. The SMILES string of the molecule is COc1nc(Cl)nc(N[C@H]2CO[C@H](CO)[C@H](O)[C@@H]2O)n1. The van der Waals surface area contributed by atoms with Crippen LogP contribution in [-0.4, -0.2) is 74.9 Å². The van der Waals surface area contributed by atoms with Crippen LogP contribution in [0, 0.1) is 0 Å². The summed E-state index contributed by atoms with van der Waals surface area (Å²) in [5.41, 5.74) is 0. The summed E-state index contributed by atoms with van der Waals surface area (Å²) in [5, 5.41) is 31.4. The van der Waals surface area contributed by atoms with Crippen molar-refractivity contribution < 1.29 is 24.8 Å². The highest BCUT2D eigenvalue weighted by atomic mass is 35.5. The van der Waals surface area contributed by atoms with E-state index in [0.717, 1.165) is 0 Å². The minimum atomic E-state index is -1.22. The van der Waals surface area contributed by atoms with Crippen LogP contribution in [0.25, 0.3) is 0 Å². The van der Waals surface area contributed by atoms with Crippen molar-refractivity contribution >= 4 is 17.5 Å². The monoisotopic (exact) mass is 306 g/mol. The van der Waals surface area contributed by atoms with Gasteiger partial charge in [-0.05, 0) is 11.6 Å². The molecule has 0 aromatic carbocycles. The van der Waals surface area contributed by atoms with Crippen LogP contribution >= 0.6 is 11.6 Å². The van der Waals surface area contributed by atoms with Crippen LogP contribution in [0.2, 0.25) is 5.28 Å². The Kier molecular flexibility index (Phi) is 4.89. The predicted molar refractivity (Wildman–Crippen MR) is 67.6 cm³/mol. The molecule has 0 saturated carbocycles. The molecule has 1 aliphatic rings. The Morgan fingerprint density at radius 2 is 2.10 bits per heavy atom. The first-order chi connectivity index (χ1) is 9.55. The van der Waals surface area contributed by atoms with Crippen LogP contribution in [0.15, 0.2) is 0 Å². The van der Waals surface area contributed by atoms with E-state index in [1.54, 1.807) is 0 Å². The Bertz CT molecular complexity index is 465. The molecule has 0 radical (unpaired) electrons. The molecule has 112 valence electrons. The molecule has 1 aromatic rings. The van der Waals surface area contributed by atoms with Crippen molar-refractivity contribution in [2.45, 2.75) is 24.4 Å². The first kappa shape index (κ1) is 15.1. The molecule has 2 rings (SSSR count). The maximum absolute atomic E-state index is 9.96. The molecule has 4 N–H and O–H groups in total. The molecule has 1 saturated heterocycles. The van der Waals surface area contributed by atoms with Crippen molar-refractivity contribution in [2.75, 3.05) is 25.6 Å². The summed E-state index contributed by atoms with van der Waals surface area (Å²) in [4.78, 5) is 11.4. The standard InChI is InChI=1S/C10H15ClN4O5/c1-19-10-14-8(11)13-9(15-10)12-4-3-20-5(2-16)7(18)6(4)17/h4-7,16-18H,2-3H2,1H3,(H,12,13,14,15)/t4-,5+,6+,7-/m0/s1. The minimum Gasteiger partial charge on any atom is -0.467 e. The molecule has 1 fully saturated rings. The molecule has 10 heteroatoms. The third kappa shape index (κ3) is 3.25. The van der Waals surface area contributed by atoms with Crippen molar-refractivity contribution in [2.24, 2.45) is 0 Å². The number of methoxy groups -OCH3 is 1. The van der Waals surface area contributed by atoms with Gasteiger partial charge < -0.3 is 30.1 Å². The molecular weight excluding hydrogens is 292 g/mol. The largest absolute Gasteiger partial charge is 0.467 e. The number of hydrogen-bond donors (Lipinski definition) is 4. The van der Waals surface area contributed by atoms with Crippen molar-refractivity contribution in [1.82, 2.24) is 15.0 Å². The Labute approximate surface area is 119 Å². The van der Waals surface area contributed by atoms with Gasteiger partial charge in [0.1, 0.15) is 18.3 Å². The van der Waals surface area contributed by atoms with Crippen LogP contribution in [0.5, 0.6) is 6.01 Å². The molecule has 0 bridgehead atoms. The third-order valence-corrected chi connectivity index (χ3v) is 3.07. The van der Waals surface area contributed by atoms with Gasteiger partial charge in [0.15, 0.2) is 0 Å². The summed E-state index contributed by atoms with van der Waals surface area (Å²) < 4.78 is 10.1. The van der Waals surface area contributed by atoms with Crippen LogP contribution in [-0.2, 0) is 4.74 Å². The fourth-order valence-electron chi connectivity index (χ4n) is 1.82. The number of nitrogens with zero attached hydrogens (tertiary/aromatic N) is 3. The van der Waals surface area contributed by atoms with Crippen LogP contribution in [0.4, 0.5) is 5.95 Å². The van der Waals surface area contributed by atoms with Crippen LogP contribution in [0.1, 0.15) is 0 Å². The normalized spacial score (nSPS) is 30.1. The lowest BCUT2D eigenvalue weighted by Crippen LogP contribution is -2.56. The predicted octanol–water partition coefficient (Wildman–Crippen LogP) is -1.57. The van der Waals surface area contributed by atoms with E-state index in [0.29, 0.717) is 0 Å². The molecular formula is C10H15ClN4O5. The third-order valence-electron chi connectivity index (χ3n) is 2.90. The first-order valence-corrected chi connectivity index (χ1v) is 6.23. The maximum atomic E-state index is 9.96. The molecule has 0 aliphatic carbocycles. The summed E-state index contributed by atoms with van der Waals surface area (Å²) in [6, 6.07) is -0.636. The summed E-state index contributed by atoms with van der Waals surface area (Å²) >= 11 is 5.70. The van der Waals surface area contributed by atoms with E-state index in [-0.39, 0.29) is 30.5 Å². The lowest BCUT2D eigenvalue weighted by atomic mass is 9.98. The van der Waals surface area contributed by atoms with Gasteiger partial charge in [0.05, 0.1) is 26.4 Å². The smallest absolute Gasteiger partial charge is 0.322 e. The van der Waals surface area contributed by atoms with Crippen molar-refractivity contribution in [3.63, 3.8) is 0 Å². The van der Waals surface area contributed by atoms with Crippen LogP contribution < -0.4 is 10.1 Å². The Morgan fingerprint density at radius 3 is 2.75 bits per heavy atom. The Hall–Kier alpha value is -1.26. The van der Waals surface area contributed by atoms with Crippen molar-refractivity contribution in [3.05, 3.63) is 5.28 Å². The average molecular weight is 307 g/mol. The number of rotatable bonds is 4. The number of ether oxygens (including phenoxy) is 2. The lowest BCUT2D eigenvalue weighted by molar-refractivity contribution is -0.152. The van der Waals surface area contributed by atoms with Gasteiger partial charge in [-0.2, -0.15) is 15.0 Å². The second-order valence-corrected chi connectivity index (χ2v) is 4.54. The molecule has 20 heavy (non-hydrogen) atoms. The zero-order valence-electron chi connectivity index (χ0n) is 10.6. The second kappa shape index (κ2) is 6.46. The van der Waals surface area contributed by atoms with Crippen molar-refractivity contribution in [1.29, 1.82) is 0 Å². The summed E-state index contributed by atoms with van der Waals surface area (Å²) in [6.07, 6.45) is -3.19. The van der Waals surface area contributed by atoms with Crippen molar-refractivity contribution in [3.8, 4) is 6.01 Å². The number of halogens is 1. The minimum absolute atomic E-state index is 0.0208. The molecule has 0 unspecified atom stereocenters. The quantitative estimate of drug-likeness (QED) is 0.521. The molecule has 0 spiro atoms. The highest BCUT2D eigenvalue weighted by Gasteiger charge is 2.38. The highest BCUT2D eigenvalue weighted by molar-refractivity contribution is 6.28. The zero-order chi connectivity index (χ0) is 14.7.